The molecule has 9 heteroatoms. The smallest absolute Gasteiger partial charge is 0.290 e. The van der Waals surface area contributed by atoms with E-state index < -0.39 is 12.0 Å². The average Bonchev–Trinajstić information content (AvgIpc) is 3.07. The van der Waals surface area contributed by atoms with Crippen molar-refractivity contribution in [2.45, 2.75) is 25.9 Å². The van der Waals surface area contributed by atoms with Gasteiger partial charge < -0.3 is 14.6 Å². The van der Waals surface area contributed by atoms with Crippen molar-refractivity contribution in [1.29, 1.82) is 0 Å². The molecule has 1 heterocycles. The van der Waals surface area contributed by atoms with Crippen LogP contribution < -0.4 is 14.8 Å². The molecule has 3 rings (SSSR count). The molecule has 1 aliphatic heterocycles. The van der Waals surface area contributed by atoms with Crippen molar-refractivity contribution in [3.8, 4) is 11.5 Å². The Morgan fingerprint density at radius 3 is 2.45 bits per heavy atom. The second-order valence-corrected chi connectivity index (χ2v) is 8.59. The molecule has 6 nitrogen and oxygen atoms in total. The molecule has 0 unspecified atom stereocenters. The molecule has 1 fully saturated rings. The van der Waals surface area contributed by atoms with Crippen molar-refractivity contribution in [2.24, 2.45) is 0 Å². The third-order valence-electron chi connectivity index (χ3n) is 4.35. The summed E-state index contributed by atoms with van der Waals surface area (Å²) in [5.74, 6) is 0.754. The van der Waals surface area contributed by atoms with Crippen LogP contribution >= 0.6 is 35.0 Å². The van der Waals surface area contributed by atoms with E-state index in [2.05, 4.69) is 5.32 Å². The maximum atomic E-state index is 11.6. The van der Waals surface area contributed by atoms with E-state index in [9.17, 15) is 14.7 Å². The molecule has 2 amide bonds. The molecule has 1 aliphatic rings. The maximum absolute atomic E-state index is 11.6. The molecule has 31 heavy (non-hydrogen) atoms. The largest absolute Gasteiger partial charge is 0.491 e. The van der Waals surface area contributed by atoms with Crippen molar-refractivity contribution >= 4 is 52.2 Å². The molecule has 1 atom stereocenters. The van der Waals surface area contributed by atoms with Gasteiger partial charge in [0.15, 0.2) is 0 Å². The van der Waals surface area contributed by atoms with Gasteiger partial charge in [-0.3, -0.25) is 14.9 Å². The van der Waals surface area contributed by atoms with Crippen LogP contribution in [0.5, 0.6) is 11.5 Å². The van der Waals surface area contributed by atoms with E-state index in [1.165, 1.54) is 0 Å². The molecule has 2 N–H and O–H groups in total. The number of benzene rings is 2. The average molecular weight is 482 g/mol. The van der Waals surface area contributed by atoms with Gasteiger partial charge in [0.2, 0.25) is 0 Å². The standard InChI is InChI=1S/C22H21Cl2NO5S/c1-2-3-16-18(9-8-17(23)20(16)24)30-12-14(26)11-29-15-6-4-13(5-7-15)10-19-21(27)25-22(28)31-19/h4-10,14,26H,2-3,11-12H2,1H3,(H,25,27,28)/b19-10-/t14-/m1/s1. The number of carbonyl (C=O) groups excluding carboxylic acids is 2. The molecule has 0 bridgehead atoms. The first-order valence-corrected chi connectivity index (χ1v) is 11.2. The van der Waals surface area contributed by atoms with Crippen LogP contribution in [0.4, 0.5) is 4.79 Å². The number of rotatable bonds is 9. The molecule has 164 valence electrons. The number of imide groups is 1. The minimum absolute atomic E-state index is 0.0393. The van der Waals surface area contributed by atoms with Gasteiger partial charge in [0.25, 0.3) is 11.1 Å². The van der Waals surface area contributed by atoms with E-state index >= 15 is 0 Å². The maximum Gasteiger partial charge on any atom is 0.290 e. The summed E-state index contributed by atoms with van der Waals surface area (Å²) in [7, 11) is 0. The van der Waals surface area contributed by atoms with Crippen LogP contribution in [0.1, 0.15) is 24.5 Å². The SMILES string of the molecule is CCCc1c(OC[C@H](O)COc2ccc(/C=C3\SC(=O)NC3=O)cc2)ccc(Cl)c1Cl. The Kier molecular flexibility index (Phi) is 8.26. The van der Waals surface area contributed by atoms with Crippen LogP contribution in [0.3, 0.4) is 0 Å². The lowest BCUT2D eigenvalue weighted by atomic mass is 10.1. The van der Waals surface area contributed by atoms with Gasteiger partial charge in [-0.05, 0) is 54.1 Å². The van der Waals surface area contributed by atoms with Crippen molar-refractivity contribution < 1.29 is 24.2 Å². The number of hydrogen-bond donors (Lipinski definition) is 2. The molecule has 0 saturated carbocycles. The number of ether oxygens (including phenoxy) is 2. The Bertz CT molecular complexity index is 994. The summed E-state index contributed by atoms with van der Waals surface area (Å²) in [5, 5.41) is 13.0. The molecule has 0 aliphatic carbocycles. The number of amides is 2. The van der Waals surface area contributed by atoms with Gasteiger partial charge in [-0.25, -0.2) is 0 Å². The van der Waals surface area contributed by atoms with Crippen LogP contribution in [-0.4, -0.2) is 35.6 Å². The highest BCUT2D eigenvalue weighted by Crippen LogP contribution is 2.34. The zero-order valence-electron chi connectivity index (χ0n) is 16.7. The van der Waals surface area contributed by atoms with E-state index in [-0.39, 0.29) is 18.5 Å². The highest BCUT2D eigenvalue weighted by atomic mass is 35.5. The Hall–Kier alpha value is -2.19. The second-order valence-electron chi connectivity index (χ2n) is 6.79. The van der Waals surface area contributed by atoms with Gasteiger partial charge in [-0.1, -0.05) is 48.7 Å². The van der Waals surface area contributed by atoms with E-state index in [1.807, 2.05) is 6.92 Å². The number of aliphatic hydroxyl groups excluding tert-OH is 1. The lowest BCUT2D eigenvalue weighted by molar-refractivity contribution is -0.115. The Labute approximate surface area is 194 Å². The molecule has 2 aromatic carbocycles. The first-order chi connectivity index (χ1) is 14.9. The lowest BCUT2D eigenvalue weighted by Crippen LogP contribution is -2.25. The van der Waals surface area contributed by atoms with Gasteiger partial charge in [-0.15, -0.1) is 0 Å². The van der Waals surface area contributed by atoms with Crippen molar-refractivity contribution in [3.05, 3.63) is 62.5 Å². The second kappa shape index (κ2) is 10.9. The minimum Gasteiger partial charge on any atom is -0.491 e. The summed E-state index contributed by atoms with van der Waals surface area (Å²) in [6.45, 7) is 2.11. The number of aliphatic hydroxyl groups is 1. The van der Waals surface area contributed by atoms with Crippen LogP contribution in [0, 0.1) is 0 Å². The van der Waals surface area contributed by atoms with Gasteiger partial charge in [0.05, 0.1) is 15.0 Å². The van der Waals surface area contributed by atoms with Crippen LogP contribution in [0.2, 0.25) is 10.0 Å². The summed E-state index contributed by atoms with van der Waals surface area (Å²) in [4.78, 5) is 23.1. The predicted molar refractivity (Wildman–Crippen MR) is 123 cm³/mol. The summed E-state index contributed by atoms with van der Waals surface area (Å²) in [6.07, 6.45) is 2.38. The van der Waals surface area contributed by atoms with E-state index in [1.54, 1.807) is 42.5 Å². The van der Waals surface area contributed by atoms with Crippen molar-refractivity contribution in [3.63, 3.8) is 0 Å². The van der Waals surface area contributed by atoms with E-state index in [4.69, 9.17) is 32.7 Å². The van der Waals surface area contributed by atoms with Gasteiger partial charge in [0, 0.05) is 5.56 Å². The van der Waals surface area contributed by atoms with Crippen molar-refractivity contribution in [2.75, 3.05) is 13.2 Å². The summed E-state index contributed by atoms with van der Waals surface area (Å²) in [6, 6.07) is 10.4. The van der Waals surface area contributed by atoms with E-state index in [0.29, 0.717) is 26.4 Å². The zero-order chi connectivity index (χ0) is 22.4. The van der Waals surface area contributed by atoms with Gasteiger partial charge in [-0.2, -0.15) is 0 Å². The Morgan fingerprint density at radius 2 is 1.81 bits per heavy atom. The molecular weight excluding hydrogens is 461 g/mol. The molecule has 0 spiro atoms. The Morgan fingerprint density at radius 1 is 1.10 bits per heavy atom. The number of hydrogen-bond acceptors (Lipinski definition) is 6. The molecule has 1 saturated heterocycles. The zero-order valence-corrected chi connectivity index (χ0v) is 19.0. The molecule has 2 aromatic rings. The van der Waals surface area contributed by atoms with Gasteiger partial charge >= 0.3 is 0 Å². The summed E-state index contributed by atoms with van der Waals surface area (Å²) < 4.78 is 11.3. The molecule has 0 aromatic heterocycles. The third-order valence-corrected chi connectivity index (χ3v) is 6.00. The topological polar surface area (TPSA) is 84.9 Å². The fraction of sp³-hybridized carbons (Fsp3) is 0.273. The predicted octanol–water partition coefficient (Wildman–Crippen LogP) is 5.09. The van der Waals surface area contributed by atoms with E-state index in [0.717, 1.165) is 35.7 Å². The number of thioether (sulfide) groups is 1. The minimum atomic E-state index is -0.852. The fourth-order valence-electron chi connectivity index (χ4n) is 2.85. The lowest BCUT2D eigenvalue weighted by Gasteiger charge is -2.17. The summed E-state index contributed by atoms with van der Waals surface area (Å²) in [5.41, 5.74) is 1.58. The third kappa shape index (κ3) is 6.40. The molecule has 0 radical (unpaired) electrons. The number of halogens is 2. The van der Waals surface area contributed by atoms with Crippen LogP contribution in [-0.2, 0) is 11.2 Å². The number of nitrogens with one attached hydrogen (secondary N) is 1. The first kappa shape index (κ1) is 23.5. The highest BCUT2D eigenvalue weighted by molar-refractivity contribution is 8.18. The number of carbonyl (C=O) groups is 2. The summed E-state index contributed by atoms with van der Waals surface area (Å²) >= 11 is 13.2. The van der Waals surface area contributed by atoms with Gasteiger partial charge in [0.1, 0.15) is 30.8 Å². The highest BCUT2D eigenvalue weighted by Gasteiger charge is 2.24. The normalized spacial score (nSPS) is 15.8. The molecular formula is C22H21Cl2NO5S. The monoisotopic (exact) mass is 481 g/mol. The quantitative estimate of drug-likeness (QED) is 0.485. The Balaban J connectivity index is 1.52. The first-order valence-electron chi connectivity index (χ1n) is 9.62. The van der Waals surface area contributed by atoms with Crippen LogP contribution in [0.25, 0.3) is 6.08 Å². The van der Waals surface area contributed by atoms with Crippen molar-refractivity contribution in [1.82, 2.24) is 5.32 Å². The van der Waals surface area contributed by atoms with Crippen LogP contribution in [0.15, 0.2) is 41.3 Å². The fourth-order valence-corrected chi connectivity index (χ4v) is 3.96.